The summed E-state index contributed by atoms with van der Waals surface area (Å²) in [6, 6.07) is 9.17. The maximum absolute atomic E-state index is 12.6. The Balaban J connectivity index is 1.27. The van der Waals surface area contributed by atoms with Crippen molar-refractivity contribution in [1.29, 1.82) is 0 Å². The number of amides is 1. The highest BCUT2D eigenvalue weighted by Gasteiger charge is 2.20. The highest BCUT2D eigenvalue weighted by Crippen LogP contribution is 2.19. The van der Waals surface area contributed by atoms with E-state index in [9.17, 15) is 4.79 Å². The van der Waals surface area contributed by atoms with Crippen LogP contribution in [-0.4, -0.2) is 67.5 Å². The Kier molecular flexibility index (Phi) is 9.00. The second-order valence-corrected chi connectivity index (χ2v) is 8.60. The maximum Gasteiger partial charge on any atom is 0.222 e. The van der Waals surface area contributed by atoms with E-state index in [-0.39, 0.29) is 5.91 Å². The lowest BCUT2D eigenvalue weighted by atomic mass is 9.99. The smallest absolute Gasteiger partial charge is 0.222 e. The van der Waals surface area contributed by atoms with Gasteiger partial charge in [-0.25, -0.2) is 0 Å². The van der Waals surface area contributed by atoms with Gasteiger partial charge in [0.05, 0.1) is 0 Å². The zero-order valence-electron chi connectivity index (χ0n) is 18.8. The number of piperidine rings is 1. The van der Waals surface area contributed by atoms with Gasteiger partial charge in [0.15, 0.2) is 5.96 Å². The van der Waals surface area contributed by atoms with Crippen LogP contribution in [0.3, 0.4) is 0 Å². The van der Waals surface area contributed by atoms with Crippen molar-refractivity contribution < 1.29 is 4.79 Å². The number of nitrogens with one attached hydrogen (secondary N) is 2. The second-order valence-electron chi connectivity index (χ2n) is 8.60. The Bertz CT molecular complexity index is 705. The number of guanidine groups is 1. The predicted octanol–water partition coefficient (Wildman–Crippen LogP) is 2.78. The molecule has 0 radical (unpaired) electrons. The molecule has 1 amide bonds. The molecular formula is C24H39N5O. The number of fused-ring (bicyclic) bond motifs is 1. The third-order valence-corrected chi connectivity index (χ3v) is 6.42. The van der Waals surface area contributed by atoms with Crippen LogP contribution in [0.25, 0.3) is 0 Å². The minimum atomic E-state index is 0.255. The molecule has 1 aromatic rings. The fourth-order valence-electron chi connectivity index (χ4n) is 4.51. The summed E-state index contributed by atoms with van der Waals surface area (Å²) in [5.41, 5.74) is 2.67. The van der Waals surface area contributed by atoms with Crippen molar-refractivity contribution in [3.63, 3.8) is 0 Å². The lowest BCUT2D eigenvalue weighted by Crippen LogP contribution is -2.41. The van der Waals surface area contributed by atoms with Crippen LogP contribution in [0.4, 0.5) is 0 Å². The van der Waals surface area contributed by atoms with Crippen molar-refractivity contribution in [2.45, 2.75) is 64.5 Å². The molecule has 2 N–H and O–H groups in total. The van der Waals surface area contributed by atoms with Gasteiger partial charge in [-0.1, -0.05) is 30.7 Å². The van der Waals surface area contributed by atoms with Crippen molar-refractivity contribution in [3.05, 3.63) is 35.4 Å². The summed E-state index contributed by atoms with van der Waals surface area (Å²) in [7, 11) is 1.80. The van der Waals surface area contributed by atoms with Gasteiger partial charge in [0.25, 0.3) is 0 Å². The van der Waals surface area contributed by atoms with Crippen LogP contribution >= 0.6 is 0 Å². The van der Waals surface area contributed by atoms with Gasteiger partial charge in [-0.15, -0.1) is 0 Å². The fraction of sp³-hybridized carbons (Fsp3) is 0.667. The van der Waals surface area contributed by atoms with Crippen LogP contribution in [0, 0.1) is 0 Å². The molecule has 1 atom stereocenters. The Labute approximate surface area is 182 Å². The van der Waals surface area contributed by atoms with Crippen LogP contribution in [0.1, 0.15) is 56.6 Å². The molecule has 0 aromatic heterocycles. The number of likely N-dealkylation sites (tertiary alicyclic amines) is 1. The van der Waals surface area contributed by atoms with Crippen LogP contribution < -0.4 is 10.6 Å². The number of hydrogen-bond acceptors (Lipinski definition) is 3. The summed E-state index contributed by atoms with van der Waals surface area (Å²) >= 11 is 0. The van der Waals surface area contributed by atoms with Gasteiger partial charge >= 0.3 is 0 Å². The first kappa shape index (κ1) is 22.6. The summed E-state index contributed by atoms with van der Waals surface area (Å²) in [4.78, 5) is 21.5. The molecule has 6 heteroatoms. The molecule has 30 heavy (non-hydrogen) atoms. The first-order valence-electron chi connectivity index (χ1n) is 11.7. The van der Waals surface area contributed by atoms with Crippen molar-refractivity contribution >= 4 is 11.9 Å². The standard InChI is InChI=1S/C24H39N5O/c1-20-9-5-6-16-28(20)17-8-15-27-24(25-2)26-14-7-12-23(30)29-18-13-21-10-3-4-11-22(21)19-29/h3-4,10-11,20H,5-9,12-19H2,1-2H3,(H2,25,26,27). The Morgan fingerprint density at radius 1 is 1.10 bits per heavy atom. The summed E-state index contributed by atoms with van der Waals surface area (Å²) in [6.07, 6.45) is 7.54. The van der Waals surface area contributed by atoms with E-state index >= 15 is 0 Å². The Hall–Kier alpha value is -2.08. The molecule has 3 rings (SSSR count). The summed E-state index contributed by atoms with van der Waals surface area (Å²) in [5, 5.41) is 6.75. The van der Waals surface area contributed by atoms with Gasteiger partial charge in [-0.2, -0.15) is 0 Å². The van der Waals surface area contributed by atoms with E-state index in [4.69, 9.17) is 0 Å². The minimum Gasteiger partial charge on any atom is -0.356 e. The second kappa shape index (κ2) is 11.9. The summed E-state index contributed by atoms with van der Waals surface area (Å²) in [5.74, 6) is 1.09. The van der Waals surface area contributed by atoms with E-state index < -0.39 is 0 Å². The van der Waals surface area contributed by atoms with Gasteiger partial charge in [-0.3, -0.25) is 9.79 Å². The van der Waals surface area contributed by atoms with E-state index in [0.29, 0.717) is 6.42 Å². The number of rotatable bonds is 8. The van der Waals surface area contributed by atoms with Crippen LogP contribution in [-0.2, 0) is 17.8 Å². The zero-order valence-corrected chi connectivity index (χ0v) is 18.8. The monoisotopic (exact) mass is 413 g/mol. The van der Waals surface area contributed by atoms with Crippen molar-refractivity contribution in [1.82, 2.24) is 20.4 Å². The Morgan fingerprint density at radius 3 is 2.63 bits per heavy atom. The molecule has 0 saturated carbocycles. The third kappa shape index (κ3) is 6.73. The highest BCUT2D eigenvalue weighted by atomic mass is 16.2. The van der Waals surface area contributed by atoms with Crippen molar-refractivity contribution in [2.24, 2.45) is 4.99 Å². The average molecular weight is 414 g/mol. The fourth-order valence-corrected chi connectivity index (χ4v) is 4.51. The molecule has 6 nitrogen and oxygen atoms in total. The van der Waals surface area contributed by atoms with Crippen LogP contribution in [0.15, 0.2) is 29.3 Å². The summed E-state index contributed by atoms with van der Waals surface area (Å²) < 4.78 is 0. The van der Waals surface area contributed by atoms with Gasteiger partial charge in [0.1, 0.15) is 0 Å². The Morgan fingerprint density at radius 2 is 1.87 bits per heavy atom. The molecule has 2 aliphatic rings. The molecule has 1 fully saturated rings. The average Bonchev–Trinajstić information content (AvgIpc) is 2.78. The lowest BCUT2D eigenvalue weighted by Gasteiger charge is -2.33. The van der Waals surface area contributed by atoms with E-state index in [1.807, 2.05) is 4.90 Å². The van der Waals surface area contributed by atoms with Gasteiger partial charge in [0.2, 0.25) is 5.91 Å². The van der Waals surface area contributed by atoms with E-state index in [2.05, 4.69) is 51.7 Å². The van der Waals surface area contributed by atoms with Gasteiger partial charge in [-0.05, 0) is 56.7 Å². The molecule has 2 aliphatic heterocycles. The third-order valence-electron chi connectivity index (χ3n) is 6.42. The minimum absolute atomic E-state index is 0.255. The normalized spacial score (nSPS) is 20.0. The highest BCUT2D eigenvalue weighted by molar-refractivity contribution is 5.80. The first-order valence-corrected chi connectivity index (χ1v) is 11.7. The van der Waals surface area contributed by atoms with E-state index in [1.54, 1.807) is 7.05 Å². The number of carbonyl (C=O) groups excluding carboxylic acids is 1. The van der Waals surface area contributed by atoms with Crippen molar-refractivity contribution in [3.8, 4) is 0 Å². The molecule has 166 valence electrons. The zero-order chi connectivity index (χ0) is 21.2. The molecule has 1 unspecified atom stereocenters. The topological polar surface area (TPSA) is 60.0 Å². The quantitative estimate of drug-likeness (QED) is 0.391. The molecule has 0 aliphatic carbocycles. The maximum atomic E-state index is 12.6. The number of hydrogen-bond donors (Lipinski definition) is 2. The molecule has 1 aromatic carbocycles. The lowest BCUT2D eigenvalue weighted by molar-refractivity contribution is -0.132. The molecule has 1 saturated heterocycles. The van der Waals surface area contributed by atoms with E-state index in [1.165, 1.54) is 36.9 Å². The molecule has 2 heterocycles. The van der Waals surface area contributed by atoms with Gasteiger partial charge in [0, 0.05) is 52.2 Å². The summed E-state index contributed by atoms with van der Waals surface area (Å²) in [6.45, 7) is 8.01. The first-order chi connectivity index (χ1) is 14.7. The van der Waals surface area contributed by atoms with E-state index in [0.717, 1.165) is 64.0 Å². The van der Waals surface area contributed by atoms with Crippen LogP contribution in [0.2, 0.25) is 0 Å². The molecule has 0 bridgehead atoms. The van der Waals surface area contributed by atoms with Crippen molar-refractivity contribution in [2.75, 3.05) is 39.8 Å². The van der Waals surface area contributed by atoms with Crippen LogP contribution in [0.5, 0.6) is 0 Å². The number of carbonyl (C=O) groups is 1. The number of benzene rings is 1. The SMILES string of the molecule is CN=C(NCCCC(=O)N1CCc2ccccc2C1)NCCCN1CCCCC1C. The van der Waals surface area contributed by atoms with Gasteiger partial charge < -0.3 is 20.4 Å². The largest absolute Gasteiger partial charge is 0.356 e. The molecule has 0 spiro atoms. The molecular weight excluding hydrogens is 374 g/mol. The number of aliphatic imine (C=N–C) groups is 1. The number of nitrogens with zero attached hydrogens (tertiary/aromatic N) is 3. The predicted molar refractivity (Wildman–Crippen MR) is 124 cm³/mol.